The van der Waals surface area contributed by atoms with Gasteiger partial charge in [0.2, 0.25) is 0 Å². The van der Waals surface area contributed by atoms with Crippen LogP contribution in [0, 0.1) is 0 Å². The molecule has 4 rings (SSSR count). The molecule has 2 aliphatic rings. The summed E-state index contributed by atoms with van der Waals surface area (Å²) in [4.78, 5) is 25.7. The molecule has 1 atom stereocenters. The summed E-state index contributed by atoms with van der Waals surface area (Å²) in [5.74, 6) is 0.680. The van der Waals surface area contributed by atoms with Gasteiger partial charge < -0.3 is 14.8 Å². The Morgan fingerprint density at radius 2 is 1.84 bits per heavy atom. The zero-order chi connectivity index (χ0) is 17.2. The Morgan fingerprint density at radius 3 is 2.60 bits per heavy atom. The van der Waals surface area contributed by atoms with Crippen LogP contribution in [0.2, 0.25) is 0 Å². The molecule has 0 radical (unpaired) electrons. The highest BCUT2D eigenvalue weighted by atomic mass is 16.6. The number of hydrogen-bond acceptors (Lipinski definition) is 4. The van der Waals surface area contributed by atoms with E-state index in [0.717, 1.165) is 23.4 Å². The van der Waals surface area contributed by atoms with E-state index in [4.69, 9.17) is 9.47 Å². The zero-order valence-corrected chi connectivity index (χ0v) is 13.6. The number of hydrogen-bond donors (Lipinski definition) is 1. The highest BCUT2D eigenvalue weighted by Gasteiger charge is 2.25. The quantitative estimate of drug-likeness (QED) is 0.934. The van der Waals surface area contributed by atoms with E-state index in [1.807, 2.05) is 24.3 Å². The predicted molar refractivity (Wildman–Crippen MR) is 91.9 cm³/mol. The number of benzene rings is 2. The van der Waals surface area contributed by atoms with Gasteiger partial charge in [-0.15, -0.1) is 0 Å². The van der Waals surface area contributed by atoms with Gasteiger partial charge >= 0.3 is 6.09 Å². The standard InChI is InChI=1S/C19H18N2O4/c22-18(20-16-9-11-24-17-4-2-1-3-15(16)17)13-5-7-14(8-6-13)21-10-12-25-19(21)23/h1-8,16H,9-12H2,(H,20,22)/t16-/m0/s1. The molecule has 2 heterocycles. The molecule has 2 aromatic carbocycles. The number of nitrogens with one attached hydrogen (secondary N) is 1. The number of rotatable bonds is 3. The third-order valence-corrected chi connectivity index (χ3v) is 4.47. The molecule has 2 aromatic rings. The molecule has 0 spiro atoms. The van der Waals surface area contributed by atoms with Gasteiger partial charge in [-0.2, -0.15) is 0 Å². The average molecular weight is 338 g/mol. The van der Waals surface area contributed by atoms with Crippen molar-refractivity contribution in [1.29, 1.82) is 0 Å². The van der Waals surface area contributed by atoms with Crippen molar-refractivity contribution in [2.45, 2.75) is 12.5 Å². The van der Waals surface area contributed by atoms with Gasteiger partial charge in [0.25, 0.3) is 5.91 Å². The summed E-state index contributed by atoms with van der Waals surface area (Å²) in [6, 6.07) is 14.7. The van der Waals surface area contributed by atoms with E-state index in [-0.39, 0.29) is 18.0 Å². The first-order chi connectivity index (χ1) is 12.2. The van der Waals surface area contributed by atoms with Crippen molar-refractivity contribution >= 4 is 17.7 Å². The third-order valence-electron chi connectivity index (χ3n) is 4.47. The van der Waals surface area contributed by atoms with Crippen molar-refractivity contribution in [2.75, 3.05) is 24.7 Å². The lowest BCUT2D eigenvalue weighted by molar-refractivity contribution is 0.0925. The van der Waals surface area contributed by atoms with Crippen LogP contribution >= 0.6 is 0 Å². The maximum Gasteiger partial charge on any atom is 0.414 e. The maximum atomic E-state index is 12.6. The summed E-state index contributed by atoms with van der Waals surface area (Å²) in [6.07, 6.45) is 0.386. The van der Waals surface area contributed by atoms with E-state index in [9.17, 15) is 9.59 Å². The highest BCUT2D eigenvalue weighted by Crippen LogP contribution is 2.31. The van der Waals surface area contributed by atoms with Crippen LogP contribution in [-0.2, 0) is 4.74 Å². The van der Waals surface area contributed by atoms with Gasteiger partial charge in [-0.1, -0.05) is 18.2 Å². The first kappa shape index (κ1) is 15.5. The van der Waals surface area contributed by atoms with Crippen LogP contribution in [-0.4, -0.2) is 31.8 Å². The molecule has 1 saturated heterocycles. The lowest BCUT2D eigenvalue weighted by Gasteiger charge is -2.26. The smallest absolute Gasteiger partial charge is 0.414 e. The van der Waals surface area contributed by atoms with Crippen LogP contribution in [0.25, 0.3) is 0 Å². The van der Waals surface area contributed by atoms with Crippen LogP contribution in [0.4, 0.5) is 10.5 Å². The second-order valence-corrected chi connectivity index (χ2v) is 6.01. The first-order valence-corrected chi connectivity index (χ1v) is 8.29. The average Bonchev–Trinajstić information content (AvgIpc) is 3.08. The van der Waals surface area contributed by atoms with E-state index in [1.54, 1.807) is 29.2 Å². The molecule has 0 unspecified atom stereocenters. The molecule has 128 valence electrons. The van der Waals surface area contributed by atoms with Gasteiger partial charge in [-0.05, 0) is 30.3 Å². The van der Waals surface area contributed by atoms with Crippen molar-refractivity contribution in [3.8, 4) is 5.75 Å². The number of anilines is 1. The van der Waals surface area contributed by atoms with E-state index in [1.165, 1.54) is 0 Å². The Balaban J connectivity index is 1.48. The van der Waals surface area contributed by atoms with Gasteiger partial charge in [0.15, 0.2) is 0 Å². The molecule has 2 amide bonds. The summed E-state index contributed by atoms with van der Waals surface area (Å²) in [7, 11) is 0. The van der Waals surface area contributed by atoms with Gasteiger partial charge in [0.1, 0.15) is 12.4 Å². The van der Waals surface area contributed by atoms with Crippen molar-refractivity contribution in [3.63, 3.8) is 0 Å². The number of fused-ring (bicyclic) bond motifs is 1. The first-order valence-electron chi connectivity index (χ1n) is 8.29. The predicted octanol–water partition coefficient (Wildman–Crippen LogP) is 2.90. The third kappa shape index (κ3) is 3.03. The molecule has 0 bridgehead atoms. The SMILES string of the molecule is O=C(N[C@H]1CCOc2ccccc21)c1ccc(N2CCOC2=O)cc1. The molecule has 2 aliphatic heterocycles. The summed E-state index contributed by atoms with van der Waals surface area (Å²) >= 11 is 0. The Kier molecular flexibility index (Phi) is 4.01. The largest absolute Gasteiger partial charge is 0.493 e. The number of para-hydroxylation sites is 1. The molecule has 0 saturated carbocycles. The minimum absolute atomic E-state index is 0.0642. The lowest BCUT2D eigenvalue weighted by atomic mass is 10.00. The monoisotopic (exact) mass is 338 g/mol. The van der Waals surface area contributed by atoms with Crippen LogP contribution in [0.5, 0.6) is 5.75 Å². The number of carbonyl (C=O) groups is 2. The number of nitrogens with zero attached hydrogens (tertiary/aromatic N) is 1. The molecule has 0 aliphatic carbocycles. The maximum absolute atomic E-state index is 12.6. The van der Waals surface area contributed by atoms with Gasteiger partial charge in [0, 0.05) is 23.2 Å². The fourth-order valence-electron chi connectivity index (χ4n) is 3.15. The number of carbonyl (C=O) groups excluding carboxylic acids is 2. The second kappa shape index (κ2) is 6.47. The molecule has 25 heavy (non-hydrogen) atoms. The Bertz CT molecular complexity index is 803. The number of cyclic esters (lactones) is 1. The van der Waals surface area contributed by atoms with Crippen LogP contribution in [0.3, 0.4) is 0 Å². The lowest BCUT2D eigenvalue weighted by Crippen LogP contribution is -2.32. The fourth-order valence-corrected chi connectivity index (χ4v) is 3.15. The summed E-state index contributed by atoms with van der Waals surface area (Å²) in [5, 5.41) is 3.06. The van der Waals surface area contributed by atoms with Crippen molar-refractivity contribution in [1.82, 2.24) is 5.32 Å². The highest BCUT2D eigenvalue weighted by molar-refractivity contribution is 5.96. The second-order valence-electron chi connectivity index (χ2n) is 6.01. The van der Waals surface area contributed by atoms with E-state index < -0.39 is 0 Å². The fraction of sp³-hybridized carbons (Fsp3) is 0.263. The normalized spacial score (nSPS) is 19.0. The van der Waals surface area contributed by atoms with Crippen molar-refractivity contribution < 1.29 is 19.1 Å². The van der Waals surface area contributed by atoms with E-state index >= 15 is 0 Å². The minimum atomic E-state index is -0.351. The molecule has 6 heteroatoms. The molecule has 6 nitrogen and oxygen atoms in total. The topological polar surface area (TPSA) is 67.9 Å². The zero-order valence-electron chi connectivity index (χ0n) is 13.6. The van der Waals surface area contributed by atoms with Crippen molar-refractivity contribution in [3.05, 3.63) is 59.7 Å². The Labute approximate surface area is 145 Å². The van der Waals surface area contributed by atoms with Gasteiger partial charge in [0.05, 0.1) is 19.2 Å². The minimum Gasteiger partial charge on any atom is -0.493 e. The molecule has 0 aromatic heterocycles. The van der Waals surface area contributed by atoms with Gasteiger partial charge in [-0.25, -0.2) is 4.79 Å². The number of amides is 2. The Hall–Kier alpha value is -3.02. The van der Waals surface area contributed by atoms with Crippen LogP contribution in [0.1, 0.15) is 28.4 Å². The Morgan fingerprint density at radius 1 is 1.04 bits per heavy atom. The summed E-state index contributed by atoms with van der Waals surface area (Å²) in [5.41, 5.74) is 2.29. The number of ether oxygens (including phenoxy) is 2. The summed E-state index contributed by atoms with van der Waals surface area (Å²) < 4.78 is 10.6. The van der Waals surface area contributed by atoms with Gasteiger partial charge in [-0.3, -0.25) is 9.69 Å². The summed E-state index contributed by atoms with van der Waals surface area (Å²) in [6.45, 7) is 1.51. The van der Waals surface area contributed by atoms with Crippen molar-refractivity contribution in [2.24, 2.45) is 0 Å². The molecular formula is C19H18N2O4. The van der Waals surface area contributed by atoms with E-state index in [0.29, 0.717) is 25.3 Å². The molecule has 1 fully saturated rings. The van der Waals surface area contributed by atoms with E-state index in [2.05, 4.69) is 5.32 Å². The van der Waals surface area contributed by atoms with Crippen LogP contribution < -0.4 is 15.0 Å². The van der Waals surface area contributed by atoms with Crippen LogP contribution in [0.15, 0.2) is 48.5 Å². The molecule has 1 N–H and O–H groups in total. The molecular weight excluding hydrogens is 320 g/mol.